The fourth-order valence-corrected chi connectivity index (χ4v) is 6.24. The standard InChI is InChI=1S/C35H38FN3O5S/c1-4-22-37-35(41)33(23-27-8-6-5-7-9-27)38(24-28-12-10-26(2)11-13-28)34(40)25-39(30-16-14-29(36)15-17-30)45(42,43)32-20-18-31(44-3)19-21-32/h5-21,33H,4,22-25H2,1-3H3,(H,37,41)/t33-/m0/s1. The van der Waals surface area contributed by atoms with E-state index in [4.69, 9.17) is 4.74 Å². The van der Waals surface area contributed by atoms with Crippen molar-refractivity contribution in [3.63, 3.8) is 0 Å². The first-order valence-electron chi connectivity index (χ1n) is 14.7. The van der Waals surface area contributed by atoms with Crippen molar-refractivity contribution in [1.82, 2.24) is 10.2 Å². The minimum absolute atomic E-state index is 0.0655. The summed E-state index contributed by atoms with van der Waals surface area (Å²) in [7, 11) is -2.84. The van der Waals surface area contributed by atoms with Crippen LogP contribution in [-0.2, 0) is 32.6 Å². The zero-order chi connectivity index (χ0) is 32.4. The smallest absolute Gasteiger partial charge is 0.264 e. The molecular weight excluding hydrogens is 593 g/mol. The molecule has 1 atom stereocenters. The monoisotopic (exact) mass is 631 g/mol. The molecule has 0 saturated heterocycles. The molecule has 0 aliphatic carbocycles. The van der Waals surface area contributed by atoms with E-state index in [2.05, 4.69) is 5.32 Å². The van der Waals surface area contributed by atoms with Crippen LogP contribution in [0, 0.1) is 12.7 Å². The normalized spacial score (nSPS) is 11.8. The van der Waals surface area contributed by atoms with Gasteiger partial charge in [-0.15, -0.1) is 0 Å². The number of benzene rings is 4. The van der Waals surface area contributed by atoms with Crippen molar-refractivity contribution in [2.75, 3.05) is 24.5 Å². The lowest BCUT2D eigenvalue weighted by Crippen LogP contribution is -2.53. The quantitative estimate of drug-likeness (QED) is 0.198. The molecule has 0 saturated carbocycles. The molecule has 0 spiro atoms. The number of carbonyl (C=O) groups excluding carboxylic acids is 2. The number of rotatable bonds is 14. The number of aryl methyl sites for hydroxylation is 1. The first-order valence-corrected chi connectivity index (χ1v) is 16.2. The van der Waals surface area contributed by atoms with Crippen LogP contribution in [0.1, 0.15) is 30.0 Å². The van der Waals surface area contributed by atoms with E-state index in [1.165, 1.54) is 48.4 Å². The molecule has 0 heterocycles. The van der Waals surface area contributed by atoms with Gasteiger partial charge in [0.15, 0.2) is 0 Å². The van der Waals surface area contributed by atoms with Crippen LogP contribution in [0.15, 0.2) is 108 Å². The van der Waals surface area contributed by atoms with Crippen molar-refractivity contribution < 1.29 is 27.1 Å². The molecule has 0 radical (unpaired) electrons. The maximum absolute atomic E-state index is 14.4. The number of nitrogens with zero attached hydrogens (tertiary/aromatic N) is 2. The van der Waals surface area contributed by atoms with Gasteiger partial charge in [0.1, 0.15) is 24.2 Å². The Morgan fingerprint density at radius 2 is 1.51 bits per heavy atom. The lowest BCUT2D eigenvalue weighted by Gasteiger charge is -2.34. The maximum Gasteiger partial charge on any atom is 0.264 e. The molecular formula is C35H38FN3O5S. The summed E-state index contributed by atoms with van der Waals surface area (Å²) in [6.07, 6.45) is 0.921. The number of sulfonamides is 1. The molecule has 4 aromatic carbocycles. The summed E-state index contributed by atoms with van der Waals surface area (Å²) in [5, 5.41) is 2.92. The molecule has 0 aliphatic rings. The molecule has 4 aromatic rings. The summed E-state index contributed by atoms with van der Waals surface area (Å²) in [6, 6.07) is 26.7. The highest BCUT2D eigenvalue weighted by molar-refractivity contribution is 7.92. The maximum atomic E-state index is 14.4. The van der Waals surface area contributed by atoms with E-state index in [0.717, 1.165) is 33.1 Å². The van der Waals surface area contributed by atoms with E-state index in [9.17, 15) is 22.4 Å². The number of methoxy groups -OCH3 is 1. The number of nitrogens with one attached hydrogen (secondary N) is 1. The number of anilines is 1. The highest BCUT2D eigenvalue weighted by Gasteiger charge is 2.34. The van der Waals surface area contributed by atoms with Gasteiger partial charge in [0.2, 0.25) is 11.8 Å². The number of halogens is 1. The average molecular weight is 632 g/mol. The van der Waals surface area contributed by atoms with Crippen molar-refractivity contribution in [2.45, 2.75) is 44.2 Å². The Bertz CT molecular complexity index is 1660. The van der Waals surface area contributed by atoms with Gasteiger partial charge in [0.05, 0.1) is 17.7 Å². The number of carbonyl (C=O) groups is 2. The van der Waals surface area contributed by atoms with E-state index in [0.29, 0.717) is 18.7 Å². The molecule has 4 rings (SSSR count). The summed E-state index contributed by atoms with van der Waals surface area (Å²) in [5.41, 5.74) is 2.76. The molecule has 1 N–H and O–H groups in total. The van der Waals surface area contributed by atoms with Crippen molar-refractivity contribution in [3.8, 4) is 5.75 Å². The predicted molar refractivity (Wildman–Crippen MR) is 173 cm³/mol. The second-order valence-corrected chi connectivity index (χ2v) is 12.5. The topological polar surface area (TPSA) is 96.0 Å². The fourth-order valence-electron chi connectivity index (χ4n) is 4.82. The molecule has 0 fully saturated rings. The van der Waals surface area contributed by atoms with Crippen LogP contribution in [0.2, 0.25) is 0 Å². The van der Waals surface area contributed by atoms with Crippen LogP contribution in [0.25, 0.3) is 0 Å². The summed E-state index contributed by atoms with van der Waals surface area (Å²) >= 11 is 0. The first kappa shape index (κ1) is 33.2. The van der Waals surface area contributed by atoms with Gasteiger partial charge >= 0.3 is 0 Å². The number of hydrogen-bond donors (Lipinski definition) is 1. The Kier molecular flexibility index (Phi) is 11.3. The van der Waals surface area contributed by atoms with Crippen molar-refractivity contribution >= 4 is 27.5 Å². The first-order chi connectivity index (χ1) is 21.6. The van der Waals surface area contributed by atoms with Gasteiger partial charge in [-0.1, -0.05) is 67.1 Å². The van der Waals surface area contributed by atoms with E-state index in [1.807, 2.05) is 68.4 Å². The highest BCUT2D eigenvalue weighted by Crippen LogP contribution is 2.26. The lowest BCUT2D eigenvalue weighted by atomic mass is 10.0. The van der Waals surface area contributed by atoms with E-state index >= 15 is 0 Å². The SMILES string of the molecule is CCCNC(=O)[C@H](Cc1ccccc1)N(Cc1ccc(C)cc1)C(=O)CN(c1ccc(F)cc1)S(=O)(=O)c1ccc(OC)cc1. The minimum Gasteiger partial charge on any atom is -0.497 e. The Morgan fingerprint density at radius 3 is 2.11 bits per heavy atom. The molecule has 0 unspecified atom stereocenters. The summed E-state index contributed by atoms with van der Waals surface area (Å²) in [4.78, 5) is 29.4. The van der Waals surface area contributed by atoms with Gasteiger partial charge in [-0.25, -0.2) is 12.8 Å². The lowest BCUT2D eigenvalue weighted by molar-refractivity contribution is -0.140. The second kappa shape index (κ2) is 15.3. The molecule has 45 heavy (non-hydrogen) atoms. The third-order valence-corrected chi connectivity index (χ3v) is 9.12. The molecule has 236 valence electrons. The van der Waals surface area contributed by atoms with Crippen LogP contribution < -0.4 is 14.4 Å². The molecule has 0 aliphatic heterocycles. The van der Waals surface area contributed by atoms with Crippen molar-refractivity contribution in [3.05, 3.63) is 126 Å². The molecule has 0 aromatic heterocycles. The van der Waals surface area contributed by atoms with E-state index < -0.39 is 34.3 Å². The summed E-state index contributed by atoms with van der Waals surface area (Å²) in [5.74, 6) is -1.02. The second-order valence-electron chi connectivity index (χ2n) is 10.7. The number of hydrogen-bond acceptors (Lipinski definition) is 5. The summed E-state index contributed by atoms with van der Waals surface area (Å²) in [6.45, 7) is 3.75. The minimum atomic E-state index is -4.31. The van der Waals surface area contributed by atoms with Crippen LogP contribution in [-0.4, -0.2) is 51.4 Å². The Hall–Kier alpha value is -4.70. The molecule has 2 amide bonds. The average Bonchev–Trinajstić information content (AvgIpc) is 3.05. The number of ether oxygens (including phenoxy) is 1. The largest absolute Gasteiger partial charge is 0.497 e. The highest BCUT2D eigenvalue weighted by atomic mass is 32.2. The Balaban J connectivity index is 1.78. The Labute approximate surface area is 264 Å². The van der Waals surface area contributed by atoms with Gasteiger partial charge in [-0.3, -0.25) is 13.9 Å². The zero-order valence-electron chi connectivity index (χ0n) is 25.6. The van der Waals surface area contributed by atoms with Gasteiger partial charge in [-0.2, -0.15) is 0 Å². The third-order valence-electron chi connectivity index (χ3n) is 7.33. The van der Waals surface area contributed by atoms with E-state index in [1.54, 1.807) is 0 Å². The van der Waals surface area contributed by atoms with Crippen LogP contribution in [0.4, 0.5) is 10.1 Å². The van der Waals surface area contributed by atoms with Crippen molar-refractivity contribution in [1.29, 1.82) is 0 Å². The van der Waals surface area contributed by atoms with E-state index in [-0.39, 0.29) is 29.5 Å². The van der Waals surface area contributed by atoms with Gasteiger partial charge in [-0.05, 0) is 73.0 Å². The molecule has 0 bridgehead atoms. The predicted octanol–water partition coefficient (Wildman–Crippen LogP) is 5.50. The van der Waals surface area contributed by atoms with Crippen LogP contribution >= 0.6 is 0 Å². The Morgan fingerprint density at radius 1 is 0.867 bits per heavy atom. The van der Waals surface area contributed by atoms with Gasteiger partial charge in [0.25, 0.3) is 10.0 Å². The van der Waals surface area contributed by atoms with Crippen LogP contribution in [0.5, 0.6) is 5.75 Å². The molecule has 10 heteroatoms. The van der Waals surface area contributed by atoms with Crippen molar-refractivity contribution in [2.24, 2.45) is 0 Å². The van der Waals surface area contributed by atoms with Crippen LogP contribution in [0.3, 0.4) is 0 Å². The third kappa shape index (κ3) is 8.69. The van der Waals surface area contributed by atoms with Gasteiger partial charge < -0.3 is 15.0 Å². The van der Waals surface area contributed by atoms with Gasteiger partial charge in [0, 0.05) is 19.5 Å². The summed E-state index contributed by atoms with van der Waals surface area (Å²) < 4.78 is 48.1. The molecule has 8 nitrogen and oxygen atoms in total. The zero-order valence-corrected chi connectivity index (χ0v) is 26.5. The fraction of sp³-hybridized carbons (Fsp3) is 0.257. The number of amides is 2.